The molecule has 3 aromatic rings. The minimum atomic E-state index is -0.494. The van der Waals surface area contributed by atoms with Crippen molar-refractivity contribution in [1.29, 1.82) is 0 Å². The Morgan fingerprint density at radius 2 is 1.96 bits per heavy atom. The smallest absolute Gasteiger partial charge is 0.265 e. The molecule has 0 N–H and O–H groups in total. The Morgan fingerprint density at radius 3 is 2.56 bits per heavy atom. The van der Waals surface area contributed by atoms with Crippen LogP contribution in [0, 0.1) is 12.9 Å². The van der Waals surface area contributed by atoms with E-state index in [0.29, 0.717) is 10.4 Å². The van der Waals surface area contributed by atoms with Crippen LogP contribution in [0.1, 0.15) is 22.3 Å². The van der Waals surface area contributed by atoms with Gasteiger partial charge in [-0.1, -0.05) is 23.5 Å². The molecule has 27 heavy (non-hydrogen) atoms. The molecule has 0 saturated carbocycles. The van der Waals surface area contributed by atoms with Crippen LogP contribution in [-0.2, 0) is 6.54 Å². The number of aromatic nitrogens is 2. The molecule has 2 aromatic heterocycles. The zero-order chi connectivity index (χ0) is 19.6. The number of nitrogens with zero attached hydrogens (tertiary/aromatic N) is 4. The number of amides is 1. The standard InChI is InChI=1S/C20H21FN4OS/c1-5-25-13(2)17(19(26)24(3)4)27-20(25)23-15-10-8-14(9-11-15)16-7-6-12-22-18(16)21/h6-12H,5H2,1-4H3. The lowest BCUT2D eigenvalue weighted by Crippen LogP contribution is -2.21. The monoisotopic (exact) mass is 384 g/mol. The number of pyridine rings is 1. The first-order valence-corrected chi connectivity index (χ1v) is 9.41. The summed E-state index contributed by atoms with van der Waals surface area (Å²) < 4.78 is 15.9. The van der Waals surface area contributed by atoms with Crippen molar-refractivity contribution in [2.75, 3.05) is 14.1 Å². The zero-order valence-electron chi connectivity index (χ0n) is 15.7. The largest absolute Gasteiger partial charge is 0.344 e. The summed E-state index contributed by atoms with van der Waals surface area (Å²) in [6.45, 7) is 4.68. The maximum Gasteiger partial charge on any atom is 0.265 e. The summed E-state index contributed by atoms with van der Waals surface area (Å²) in [5, 5.41) is 0. The maximum absolute atomic E-state index is 13.8. The predicted octanol–water partition coefficient (Wildman–Crippen LogP) is 4.01. The van der Waals surface area contributed by atoms with Crippen molar-refractivity contribution >= 4 is 22.9 Å². The highest BCUT2D eigenvalue weighted by atomic mass is 32.1. The Hall–Kier alpha value is -2.80. The lowest BCUT2D eigenvalue weighted by atomic mass is 10.1. The van der Waals surface area contributed by atoms with Gasteiger partial charge in [-0.3, -0.25) is 4.79 Å². The molecule has 140 valence electrons. The molecule has 0 bridgehead atoms. The van der Waals surface area contributed by atoms with Gasteiger partial charge < -0.3 is 9.47 Å². The Balaban J connectivity index is 2.01. The summed E-state index contributed by atoms with van der Waals surface area (Å²) >= 11 is 1.38. The van der Waals surface area contributed by atoms with E-state index in [0.717, 1.165) is 28.3 Å². The van der Waals surface area contributed by atoms with Crippen molar-refractivity contribution in [3.8, 4) is 11.1 Å². The van der Waals surface area contributed by atoms with Gasteiger partial charge in [-0.2, -0.15) is 4.39 Å². The van der Waals surface area contributed by atoms with Crippen LogP contribution in [0.3, 0.4) is 0 Å². The average Bonchev–Trinajstić information content (AvgIpc) is 2.97. The fourth-order valence-electron chi connectivity index (χ4n) is 2.77. The molecule has 0 unspecified atom stereocenters. The second-order valence-electron chi connectivity index (χ2n) is 6.24. The van der Waals surface area contributed by atoms with Gasteiger partial charge in [0.15, 0.2) is 4.80 Å². The van der Waals surface area contributed by atoms with Crippen LogP contribution < -0.4 is 4.80 Å². The Labute approximate surface area is 161 Å². The van der Waals surface area contributed by atoms with Crippen molar-refractivity contribution in [1.82, 2.24) is 14.5 Å². The summed E-state index contributed by atoms with van der Waals surface area (Å²) in [6.07, 6.45) is 1.43. The molecular weight excluding hydrogens is 363 g/mol. The van der Waals surface area contributed by atoms with Crippen molar-refractivity contribution in [3.63, 3.8) is 0 Å². The molecule has 0 saturated heterocycles. The Kier molecular flexibility index (Phi) is 5.51. The van der Waals surface area contributed by atoms with E-state index in [1.807, 2.05) is 42.7 Å². The SMILES string of the molecule is CCn1c(C)c(C(=O)N(C)C)sc1=Nc1ccc(-c2cccnc2F)cc1. The molecule has 7 heteroatoms. The second-order valence-corrected chi connectivity index (χ2v) is 7.22. The first kappa shape index (κ1) is 19.0. The van der Waals surface area contributed by atoms with E-state index in [1.54, 1.807) is 31.1 Å². The normalized spacial score (nSPS) is 11.7. The molecule has 3 rings (SSSR count). The lowest BCUT2D eigenvalue weighted by Gasteiger charge is -2.09. The quantitative estimate of drug-likeness (QED) is 0.638. The molecule has 1 aromatic carbocycles. The minimum Gasteiger partial charge on any atom is -0.344 e. The number of carbonyl (C=O) groups is 1. The van der Waals surface area contributed by atoms with Crippen LogP contribution in [0.15, 0.2) is 47.6 Å². The van der Waals surface area contributed by atoms with Gasteiger partial charge in [0.25, 0.3) is 5.91 Å². The third-order valence-electron chi connectivity index (χ3n) is 4.24. The summed E-state index contributed by atoms with van der Waals surface area (Å²) in [5.41, 5.74) is 2.86. The van der Waals surface area contributed by atoms with Crippen molar-refractivity contribution in [2.45, 2.75) is 20.4 Å². The molecule has 2 heterocycles. The number of hydrogen-bond donors (Lipinski definition) is 0. The van der Waals surface area contributed by atoms with Gasteiger partial charge in [0.1, 0.15) is 4.88 Å². The zero-order valence-corrected chi connectivity index (χ0v) is 16.5. The third kappa shape index (κ3) is 3.83. The van der Waals surface area contributed by atoms with Crippen molar-refractivity contribution in [3.05, 3.63) is 63.9 Å². The summed E-state index contributed by atoms with van der Waals surface area (Å²) in [6, 6.07) is 10.7. The molecule has 0 aliphatic heterocycles. The first-order valence-electron chi connectivity index (χ1n) is 8.60. The van der Waals surface area contributed by atoms with Crippen LogP contribution in [0.25, 0.3) is 11.1 Å². The van der Waals surface area contributed by atoms with Crippen LogP contribution in [0.2, 0.25) is 0 Å². The molecular formula is C20H21FN4OS. The molecule has 0 atom stereocenters. The van der Waals surface area contributed by atoms with E-state index in [9.17, 15) is 9.18 Å². The summed E-state index contributed by atoms with van der Waals surface area (Å²) in [7, 11) is 3.48. The lowest BCUT2D eigenvalue weighted by molar-refractivity contribution is 0.0831. The highest BCUT2D eigenvalue weighted by molar-refractivity contribution is 7.11. The molecule has 0 aliphatic rings. The highest BCUT2D eigenvalue weighted by Gasteiger charge is 2.17. The Morgan fingerprint density at radius 1 is 1.26 bits per heavy atom. The number of rotatable bonds is 4. The van der Waals surface area contributed by atoms with Gasteiger partial charge >= 0.3 is 0 Å². The van der Waals surface area contributed by atoms with Gasteiger partial charge in [-0.05, 0) is 43.7 Å². The van der Waals surface area contributed by atoms with Gasteiger partial charge in [0.05, 0.1) is 5.69 Å². The molecule has 1 amide bonds. The van der Waals surface area contributed by atoms with Crippen molar-refractivity contribution in [2.24, 2.45) is 4.99 Å². The van der Waals surface area contributed by atoms with Gasteiger partial charge in [0, 0.05) is 38.1 Å². The van der Waals surface area contributed by atoms with E-state index in [4.69, 9.17) is 4.99 Å². The maximum atomic E-state index is 13.8. The van der Waals surface area contributed by atoms with E-state index in [-0.39, 0.29) is 5.91 Å². The van der Waals surface area contributed by atoms with Gasteiger partial charge in [-0.25, -0.2) is 9.98 Å². The predicted molar refractivity (Wildman–Crippen MR) is 106 cm³/mol. The first-order chi connectivity index (χ1) is 12.9. The second kappa shape index (κ2) is 7.84. The van der Waals surface area contributed by atoms with Crippen molar-refractivity contribution < 1.29 is 9.18 Å². The van der Waals surface area contributed by atoms with Crippen LogP contribution in [0.4, 0.5) is 10.1 Å². The number of hydrogen-bond acceptors (Lipinski definition) is 4. The fraction of sp³-hybridized carbons (Fsp3) is 0.250. The van der Waals surface area contributed by atoms with E-state index >= 15 is 0 Å². The topological polar surface area (TPSA) is 50.5 Å². The molecule has 5 nitrogen and oxygen atoms in total. The average molecular weight is 384 g/mol. The van der Waals surface area contributed by atoms with E-state index in [2.05, 4.69) is 4.98 Å². The van der Waals surface area contributed by atoms with Gasteiger partial charge in [-0.15, -0.1) is 0 Å². The molecule has 0 radical (unpaired) electrons. The third-order valence-corrected chi connectivity index (χ3v) is 5.40. The highest BCUT2D eigenvalue weighted by Crippen LogP contribution is 2.24. The molecule has 0 fully saturated rings. The van der Waals surface area contributed by atoms with E-state index in [1.165, 1.54) is 17.5 Å². The number of thiazole rings is 1. The number of benzene rings is 1. The fourth-order valence-corrected chi connectivity index (χ4v) is 4.01. The van der Waals surface area contributed by atoms with E-state index < -0.39 is 5.95 Å². The molecule has 0 aliphatic carbocycles. The number of halogens is 1. The van der Waals surface area contributed by atoms with Crippen LogP contribution >= 0.6 is 11.3 Å². The van der Waals surface area contributed by atoms with Crippen LogP contribution in [-0.4, -0.2) is 34.5 Å². The summed E-state index contributed by atoms with van der Waals surface area (Å²) in [5.74, 6) is -0.518. The Bertz CT molecular complexity index is 1030. The number of carbonyl (C=O) groups excluding carboxylic acids is 1. The minimum absolute atomic E-state index is 0.0245. The van der Waals surface area contributed by atoms with Crippen LogP contribution in [0.5, 0.6) is 0 Å². The summed E-state index contributed by atoms with van der Waals surface area (Å²) in [4.78, 5) is 23.8. The van der Waals surface area contributed by atoms with Gasteiger partial charge in [0.2, 0.25) is 5.95 Å². The molecule has 0 spiro atoms.